The van der Waals surface area contributed by atoms with Gasteiger partial charge in [-0.25, -0.2) is 0 Å². The second-order valence-corrected chi connectivity index (χ2v) is 4.47. The molecule has 0 radical (unpaired) electrons. The molecule has 2 amide bonds. The number of nitrogens with one attached hydrogen (secondary N) is 1. The Hall–Kier alpha value is -2.06. The van der Waals surface area contributed by atoms with Crippen LogP contribution in [-0.4, -0.2) is 39.5 Å². The molecule has 0 saturated heterocycles. The van der Waals surface area contributed by atoms with Gasteiger partial charge in [0, 0.05) is 25.1 Å². The van der Waals surface area contributed by atoms with Crippen LogP contribution in [0.25, 0.3) is 0 Å². The SMILES string of the molecule is CC(C)N(CCC(N)=O)C(=O)c1cc(C(F)(F)F)[nH]n1. The molecular formula is C11H15F3N4O2. The van der Waals surface area contributed by atoms with E-state index in [2.05, 4.69) is 5.10 Å². The van der Waals surface area contributed by atoms with E-state index in [1.165, 1.54) is 4.90 Å². The molecule has 3 N–H and O–H groups in total. The Morgan fingerprint density at radius 2 is 2.05 bits per heavy atom. The highest BCUT2D eigenvalue weighted by molar-refractivity contribution is 5.92. The number of halogens is 3. The first-order valence-electron chi connectivity index (χ1n) is 5.84. The predicted molar refractivity (Wildman–Crippen MR) is 63.6 cm³/mol. The molecule has 0 unspecified atom stereocenters. The molecular weight excluding hydrogens is 277 g/mol. The summed E-state index contributed by atoms with van der Waals surface area (Å²) < 4.78 is 37.3. The lowest BCUT2D eigenvalue weighted by molar-refractivity contribution is -0.141. The van der Waals surface area contributed by atoms with E-state index < -0.39 is 23.7 Å². The monoisotopic (exact) mass is 292 g/mol. The number of carbonyl (C=O) groups is 2. The van der Waals surface area contributed by atoms with Gasteiger partial charge in [-0.05, 0) is 13.8 Å². The highest BCUT2D eigenvalue weighted by Crippen LogP contribution is 2.28. The Balaban J connectivity index is 2.89. The summed E-state index contributed by atoms with van der Waals surface area (Å²) >= 11 is 0. The number of rotatable bonds is 5. The van der Waals surface area contributed by atoms with Crippen LogP contribution in [0.15, 0.2) is 6.07 Å². The van der Waals surface area contributed by atoms with Crippen LogP contribution >= 0.6 is 0 Å². The average Bonchev–Trinajstić information content (AvgIpc) is 2.76. The largest absolute Gasteiger partial charge is 0.432 e. The maximum Gasteiger partial charge on any atom is 0.432 e. The number of nitrogens with zero attached hydrogens (tertiary/aromatic N) is 2. The number of carbonyl (C=O) groups excluding carboxylic acids is 2. The standard InChI is InChI=1S/C11H15F3N4O2/c1-6(2)18(4-3-9(15)19)10(20)7-5-8(17-16-7)11(12,13)14/h5-6H,3-4H2,1-2H3,(H2,15,19)(H,16,17). The molecule has 0 spiro atoms. The van der Waals surface area contributed by atoms with Gasteiger partial charge in [0.05, 0.1) is 0 Å². The summed E-state index contributed by atoms with van der Waals surface area (Å²) in [5.41, 5.74) is 3.54. The summed E-state index contributed by atoms with van der Waals surface area (Å²) in [6, 6.07) is 0.343. The van der Waals surface area contributed by atoms with Gasteiger partial charge in [0.25, 0.3) is 5.91 Å². The van der Waals surface area contributed by atoms with E-state index in [1.54, 1.807) is 18.9 Å². The molecule has 1 rings (SSSR count). The van der Waals surface area contributed by atoms with E-state index in [0.29, 0.717) is 6.07 Å². The number of hydrogen-bond acceptors (Lipinski definition) is 3. The summed E-state index contributed by atoms with van der Waals surface area (Å²) in [5.74, 6) is -1.28. The van der Waals surface area contributed by atoms with E-state index in [-0.39, 0.29) is 24.7 Å². The minimum atomic E-state index is -4.60. The van der Waals surface area contributed by atoms with Crippen molar-refractivity contribution in [2.45, 2.75) is 32.5 Å². The lowest BCUT2D eigenvalue weighted by Crippen LogP contribution is -2.39. The molecule has 0 bridgehead atoms. The molecule has 1 aromatic rings. The molecule has 0 saturated carbocycles. The average molecular weight is 292 g/mol. The second-order valence-electron chi connectivity index (χ2n) is 4.47. The van der Waals surface area contributed by atoms with Crippen LogP contribution in [0, 0.1) is 0 Å². The summed E-state index contributed by atoms with van der Waals surface area (Å²) in [6.07, 6.45) is -4.66. The van der Waals surface area contributed by atoms with Crippen LogP contribution in [0.4, 0.5) is 13.2 Å². The van der Waals surface area contributed by atoms with Gasteiger partial charge in [0.1, 0.15) is 5.69 Å². The van der Waals surface area contributed by atoms with E-state index >= 15 is 0 Å². The fourth-order valence-corrected chi connectivity index (χ4v) is 1.55. The van der Waals surface area contributed by atoms with Crippen molar-refractivity contribution in [1.82, 2.24) is 15.1 Å². The molecule has 1 aromatic heterocycles. The Bertz CT molecular complexity index is 496. The minimum Gasteiger partial charge on any atom is -0.370 e. The summed E-state index contributed by atoms with van der Waals surface area (Å²) in [4.78, 5) is 24.0. The molecule has 20 heavy (non-hydrogen) atoms. The highest BCUT2D eigenvalue weighted by Gasteiger charge is 2.34. The number of aromatic amines is 1. The molecule has 0 aromatic carbocycles. The summed E-state index contributed by atoms with van der Waals surface area (Å²) in [6.45, 7) is 3.38. The van der Waals surface area contributed by atoms with Crippen LogP contribution in [0.2, 0.25) is 0 Å². The van der Waals surface area contributed by atoms with Gasteiger partial charge < -0.3 is 10.6 Å². The van der Waals surface area contributed by atoms with Crippen LogP contribution in [0.1, 0.15) is 36.5 Å². The normalized spacial score (nSPS) is 11.7. The number of alkyl halides is 3. The van der Waals surface area contributed by atoms with Crippen LogP contribution in [0.5, 0.6) is 0 Å². The lowest BCUT2D eigenvalue weighted by Gasteiger charge is -2.25. The molecule has 6 nitrogen and oxygen atoms in total. The Labute approximate surface area is 113 Å². The van der Waals surface area contributed by atoms with Gasteiger partial charge in [0.2, 0.25) is 5.91 Å². The predicted octanol–water partition coefficient (Wildman–Crippen LogP) is 1.15. The number of hydrogen-bond donors (Lipinski definition) is 2. The summed E-state index contributed by atoms with van der Waals surface area (Å²) in [7, 11) is 0. The van der Waals surface area contributed by atoms with Crippen LogP contribution in [0.3, 0.4) is 0 Å². The molecule has 1 heterocycles. The van der Waals surface area contributed by atoms with Crippen molar-refractivity contribution < 1.29 is 22.8 Å². The second kappa shape index (κ2) is 5.93. The third-order valence-corrected chi connectivity index (χ3v) is 2.59. The fourth-order valence-electron chi connectivity index (χ4n) is 1.55. The Kier molecular flexibility index (Phi) is 4.74. The number of primary amides is 1. The van der Waals surface area contributed by atoms with Crippen molar-refractivity contribution in [2.24, 2.45) is 5.73 Å². The first kappa shape index (κ1) is 16.0. The number of amides is 2. The number of aromatic nitrogens is 2. The zero-order valence-electron chi connectivity index (χ0n) is 11.0. The molecule has 0 aliphatic rings. The van der Waals surface area contributed by atoms with Crippen molar-refractivity contribution in [1.29, 1.82) is 0 Å². The molecule has 0 aliphatic heterocycles. The third kappa shape index (κ3) is 3.97. The van der Waals surface area contributed by atoms with Crippen LogP contribution < -0.4 is 5.73 Å². The fraction of sp³-hybridized carbons (Fsp3) is 0.545. The summed E-state index contributed by atoms with van der Waals surface area (Å²) in [5, 5.41) is 5.13. The van der Waals surface area contributed by atoms with Crippen molar-refractivity contribution >= 4 is 11.8 Å². The molecule has 112 valence electrons. The van der Waals surface area contributed by atoms with Gasteiger partial charge in [-0.2, -0.15) is 18.3 Å². The van der Waals surface area contributed by atoms with Crippen molar-refractivity contribution in [2.75, 3.05) is 6.54 Å². The maximum atomic E-state index is 12.4. The van der Waals surface area contributed by atoms with Gasteiger partial charge >= 0.3 is 6.18 Å². The Morgan fingerprint density at radius 3 is 2.45 bits per heavy atom. The van der Waals surface area contributed by atoms with Gasteiger partial charge in [-0.3, -0.25) is 14.7 Å². The Morgan fingerprint density at radius 1 is 1.45 bits per heavy atom. The molecule has 0 fully saturated rings. The van der Waals surface area contributed by atoms with E-state index in [4.69, 9.17) is 5.73 Å². The van der Waals surface area contributed by atoms with E-state index in [9.17, 15) is 22.8 Å². The van der Waals surface area contributed by atoms with E-state index in [0.717, 1.165) is 0 Å². The van der Waals surface area contributed by atoms with E-state index in [1.807, 2.05) is 0 Å². The molecule has 9 heteroatoms. The zero-order valence-corrected chi connectivity index (χ0v) is 11.0. The van der Waals surface area contributed by atoms with Gasteiger partial charge in [-0.15, -0.1) is 0 Å². The minimum absolute atomic E-state index is 0.0278. The quantitative estimate of drug-likeness (QED) is 0.852. The number of H-pyrrole nitrogens is 1. The highest BCUT2D eigenvalue weighted by atomic mass is 19.4. The van der Waals surface area contributed by atoms with Crippen molar-refractivity contribution in [3.8, 4) is 0 Å². The molecule has 0 atom stereocenters. The first-order chi connectivity index (χ1) is 9.12. The van der Waals surface area contributed by atoms with Gasteiger partial charge in [0.15, 0.2) is 5.69 Å². The third-order valence-electron chi connectivity index (χ3n) is 2.59. The zero-order chi connectivity index (χ0) is 15.5. The van der Waals surface area contributed by atoms with Gasteiger partial charge in [-0.1, -0.05) is 0 Å². The molecule has 0 aliphatic carbocycles. The topological polar surface area (TPSA) is 92.1 Å². The van der Waals surface area contributed by atoms with Crippen molar-refractivity contribution in [3.63, 3.8) is 0 Å². The van der Waals surface area contributed by atoms with Crippen molar-refractivity contribution in [3.05, 3.63) is 17.5 Å². The van der Waals surface area contributed by atoms with Crippen LogP contribution in [-0.2, 0) is 11.0 Å². The lowest BCUT2D eigenvalue weighted by atomic mass is 10.2. The number of nitrogens with two attached hydrogens (primary N) is 1. The first-order valence-corrected chi connectivity index (χ1v) is 5.84. The maximum absolute atomic E-state index is 12.4. The smallest absolute Gasteiger partial charge is 0.370 e.